The average molecular weight is 363 g/mol. The van der Waals surface area contributed by atoms with Crippen LogP contribution >= 0.6 is 12.4 Å². The van der Waals surface area contributed by atoms with Gasteiger partial charge in [-0.1, -0.05) is 0 Å². The molecule has 132 valence electrons. The fourth-order valence-corrected chi connectivity index (χ4v) is 5.72. The van der Waals surface area contributed by atoms with Crippen molar-refractivity contribution in [2.24, 2.45) is 0 Å². The highest BCUT2D eigenvalue weighted by molar-refractivity contribution is 7.91. The van der Waals surface area contributed by atoms with Crippen LogP contribution in [0, 0.1) is 0 Å². The molecule has 23 heavy (non-hydrogen) atoms. The highest BCUT2D eigenvalue weighted by Crippen LogP contribution is 2.30. The van der Waals surface area contributed by atoms with Crippen molar-refractivity contribution < 1.29 is 8.42 Å². The summed E-state index contributed by atoms with van der Waals surface area (Å²) >= 11 is 0. The van der Waals surface area contributed by atoms with Gasteiger partial charge in [0, 0.05) is 30.9 Å². The Morgan fingerprint density at radius 3 is 2.91 bits per heavy atom. The molecule has 0 spiro atoms. The lowest BCUT2D eigenvalue weighted by Gasteiger charge is -2.32. The first-order chi connectivity index (χ1) is 10.4. The Kier molecular flexibility index (Phi) is 5.76. The Bertz CT molecular complexity index is 633. The highest BCUT2D eigenvalue weighted by Gasteiger charge is 2.40. The fraction of sp³-hybridized carbons (Fsp3) is 0.800. The van der Waals surface area contributed by atoms with Gasteiger partial charge in [0.1, 0.15) is 0 Å². The van der Waals surface area contributed by atoms with Crippen LogP contribution in [-0.2, 0) is 21.9 Å². The van der Waals surface area contributed by atoms with Crippen molar-refractivity contribution in [2.45, 2.75) is 44.3 Å². The van der Waals surface area contributed by atoms with Gasteiger partial charge in [0.25, 0.3) is 0 Å². The smallest absolute Gasteiger partial charge is 0.152 e. The van der Waals surface area contributed by atoms with E-state index in [1.54, 1.807) is 0 Å². The van der Waals surface area contributed by atoms with E-state index in [-0.39, 0.29) is 29.5 Å². The van der Waals surface area contributed by atoms with E-state index in [1.807, 2.05) is 31.0 Å². The Balaban J connectivity index is 0.00000192. The maximum Gasteiger partial charge on any atom is 0.152 e. The minimum absolute atomic E-state index is 0. The predicted molar refractivity (Wildman–Crippen MR) is 93.8 cm³/mol. The van der Waals surface area contributed by atoms with Crippen molar-refractivity contribution in [3.8, 4) is 0 Å². The predicted octanol–water partition coefficient (Wildman–Crippen LogP) is 1.02. The van der Waals surface area contributed by atoms with Gasteiger partial charge in [0.15, 0.2) is 9.84 Å². The van der Waals surface area contributed by atoms with Crippen LogP contribution in [0.15, 0.2) is 12.4 Å². The van der Waals surface area contributed by atoms with E-state index in [0.717, 1.165) is 19.6 Å². The largest absolute Gasteiger partial charge is 0.316 e. The van der Waals surface area contributed by atoms with Crippen LogP contribution in [0.1, 0.15) is 31.7 Å². The molecule has 2 fully saturated rings. The van der Waals surface area contributed by atoms with E-state index < -0.39 is 9.84 Å². The van der Waals surface area contributed by atoms with Crippen LogP contribution < -0.4 is 5.32 Å². The number of rotatable bonds is 4. The molecule has 1 aromatic rings. The molecule has 6 nitrogen and oxygen atoms in total. The first-order valence-corrected chi connectivity index (χ1v) is 9.86. The van der Waals surface area contributed by atoms with Crippen molar-refractivity contribution in [3.63, 3.8) is 0 Å². The molecule has 2 aliphatic heterocycles. The number of likely N-dealkylation sites (N-methyl/N-ethyl adjacent to an activating group) is 1. The molecule has 8 heteroatoms. The van der Waals surface area contributed by atoms with Gasteiger partial charge < -0.3 is 5.32 Å². The Morgan fingerprint density at radius 1 is 1.48 bits per heavy atom. The number of halogens is 1. The molecule has 1 aromatic heterocycles. The first kappa shape index (κ1) is 18.7. The summed E-state index contributed by atoms with van der Waals surface area (Å²) in [6, 6.07) is 0.571. The van der Waals surface area contributed by atoms with Crippen LogP contribution in [-0.4, -0.2) is 60.8 Å². The number of nitrogens with zero attached hydrogens (tertiary/aromatic N) is 3. The van der Waals surface area contributed by atoms with Gasteiger partial charge in [-0.25, -0.2) is 8.42 Å². The summed E-state index contributed by atoms with van der Waals surface area (Å²) < 4.78 is 25.4. The zero-order valence-electron chi connectivity index (χ0n) is 13.9. The summed E-state index contributed by atoms with van der Waals surface area (Å²) in [5, 5.41) is 7.81. The van der Waals surface area contributed by atoms with Crippen molar-refractivity contribution in [2.75, 3.05) is 31.6 Å². The zero-order valence-corrected chi connectivity index (χ0v) is 15.5. The fourth-order valence-electron chi connectivity index (χ4n) is 3.60. The molecule has 0 aliphatic carbocycles. The molecule has 3 rings (SSSR count). The Morgan fingerprint density at radius 2 is 2.26 bits per heavy atom. The molecular weight excluding hydrogens is 336 g/mol. The van der Waals surface area contributed by atoms with Crippen LogP contribution in [0.2, 0.25) is 0 Å². The van der Waals surface area contributed by atoms with Gasteiger partial charge in [-0.05, 0) is 39.8 Å². The summed E-state index contributed by atoms with van der Waals surface area (Å²) in [5.74, 6) is 0.474. The number of piperidine rings is 1. The molecule has 0 amide bonds. The molecule has 0 bridgehead atoms. The molecule has 2 aliphatic rings. The molecule has 3 heterocycles. The quantitative estimate of drug-likeness (QED) is 0.866. The third-order valence-corrected chi connectivity index (χ3v) is 6.88. The molecular formula is C15H27ClN4O2S. The third-order valence-electron chi connectivity index (χ3n) is 4.99. The highest BCUT2D eigenvalue weighted by atomic mass is 35.5. The second-order valence-corrected chi connectivity index (χ2v) is 9.18. The van der Waals surface area contributed by atoms with Crippen LogP contribution in [0.5, 0.6) is 0 Å². The van der Waals surface area contributed by atoms with Gasteiger partial charge in [0.2, 0.25) is 0 Å². The SMILES string of the molecule is CNC1CCCN(Cc2cnn(C3(C)CCS(=O)(=O)C3)c2)C1.Cl. The minimum Gasteiger partial charge on any atom is -0.316 e. The number of aromatic nitrogens is 2. The minimum atomic E-state index is -2.91. The van der Waals surface area contributed by atoms with E-state index in [4.69, 9.17) is 0 Å². The first-order valence-electron chi connectivity index (χ1n) is 8.04. The summed E-state index contributed by atoms with van der Waals surface area (Å²) in [5.41, 5.74) is 0.786. The standard InChI is InChI=1S/C15H26N4O2S.ClH/c1-15(5-7-22(20,21)12-15)19-10-13(8-17-19)9-18-6-3-4-14(11-18)16-2;/h8,10,14,16H,3-7,9,11-12H2,1-2H3;1H. The lowest BCUT2D eigenvalue weighted by atomic mass is 10.0. The average Bonchev–Trinajstić information content (AvgIpc) is 3.05. The summed E-state index contributed by atoms with van der Waals surface area (Å²) in [7, 11) is -0.889. The molecule has 0 saturated carbocycles. The van der Waals surface area contributed by atoms with Gasteiger partial charge in [-0.15, -0.1) is 12.4 Å². The molecule has 2 unspecified atom stereocenters. The summed E-state index contributed by atoms with van der Waals surface area (Å²) in [6.45, 7) is 5.07. The zero-order chi connectivity index (χ0) is 15.8. The Hall–Kier alpha value is -0.630. The monoisotopic (exact) mass is 362 g/mol. The Labute approximate surface area is 144 Å². The van der Waals surface area contributed by atoms with E-state index in [2.05, 4.69) is 15.3 Å². The van der Waals surface area contributed by atoms with Gasteiger partial charge in [0.05, 0.1) is 23.2 Å². The number of sulfone groups is 1. The molecule has 0 radical (unpaired) electrons. The van der Waals surface area contributed by atoms with E-state index >= 15 is 0 Å². The van der Waals surface area contributed by atoms with Crippen molar-refractivity contribution in [3.05, 3.63) is 18.0 Å². The van der Waals surface area contributed by atoms with Crippen molar-refractivity contribution >= 4 is 22.2 Å². The second kappa shape index (κ2) is 7.09. The number of hydrogen-bond donors (Lipinski definition) is 1. The van der Waals surface area contributed by atoms with Crippen molar-refractivity contribution in [1.29, 1.82) is 0 Å². The van der Waals surface area contributed by atoms with Crippen molar-refractivity contribution in [1.82, 2.24) is 20.0 Å². The molecule has 2 atom stereocenters. The van der Waals surface area contributed by atoms with E-state index in [9.17, 15) is 8.42 Å². The topological polar surface area (TPSA) is 67.2 Å². The summed E-state index contributed by atoms with van der Waals surface area (Å²) in [6.07, 6.45) is 7.03. The van der Waals surface area contributed by atoms with Gasteiger partial charge >= 0.3 is 0 Å². The second-order valence-electron chi connectivity index (χ2n) is 7.00. The maximum atomic E-state index is 11.8. The number of hydrogen-bond acceptors (Lipinski definition) is 5. The number of nitrogens with one attached hydrogen (secondary N) is 1. The molecule has 0 aromatic carbocycles. The molecule has 1 N–H and O–H groups in total. The van der Waals surface area contributed by atoms with Crippen LogP contribution in [0.4, 0.5) is 0 Å². The van der Waals surface area contributed by atoms with Crippen LogP contribution in [0.3, 0.4) is 0 Å². The van der Waals surface area contributed by atoms with E-state index in [1.165, 1.54) is 18.4 Å². The normalized spacial score (nSPS) is 31.0. The van der Waals surface area contributed by atoms with E-state index in [0.29, 0.717) is 12.5 Å². The van der Waals surface area contributed by atoms with Crippen LogP contribution in [0.25, 0.3) is 0 Å². The molecule has 2 saturated heterocycles. The third kappa shape index (κ3) is 4.26. The lowest BCUT2D eigenvalue weighted by molar-refractivity contribution is 0.188. The maximum absolute atomic E-state index is 11.8. The van der Waals surface area contributed by atoms with Gasteiger partial charge in [-0.2, -0.15) is 5.10 Å². The number of likely N-dealkylation sites (tertiary alicyclic amines) is 1. The lowest BCUT2D eigenvalue weighted by Crippen LogP contribution is -2.43. The summed E-state index contributed by atoms with van der Waals surface area (Å²) in [4.78, 5) is 2.44. The van der Waals surface area contributed by atoms with Gasteiger partial charge in [-0.3, -0.25) is 9.58 Å².